The SMILES string of the molecule is Cc1ccc(C2CC=NN2C(=O)C23CC(CCCCCCOc4cnc(C#N)cn4)(C2)C3)nc1. The fourth-order valence-corrected chi connectivity index (χ4v) is 5.85. The van der Waals surface area contributed by atoms with Crippen molar-refractivity contribution in [1.82, 2.24) is 20.0 Å². The fourth-order valence-electron chi connectivity index (χ4n) is 5.85. The summed E-state index contributed by atoms with van der Waals surface area (Å²) < 4.78 is 5.59. The van der Waals surface area contributed by atoms with Gasteiger partial charge in [-0.25, -0.2) is 15.0 Å². The first kappa shape index (κ1) is 22.5. The first-order valence-electron chi connectivity index (χ1n) is 12.2. The molecule has 3 aliphatic carbocycles. The number of aromatic nitrogens is 3. The summed E-state index contributed by atoms with van der Waals surface area (Å²) in [4.78, 5) is 25.9. The molecule has 3 fully saturated rings. The highest BCUT2D eigenvalue weighted by molar-refractivity contribution is 5.88. The molecule has 8 heteroatoms. The number of hydrogen-bond donors (Lipinski definition) is 0. The third-order valence-electron chi connectivity index (χ3n) is 7.50. The maximum absolute atomic E-state index is 13.3. The van der Waals surface area contributed by atoms with Gasteiger partial charge in [0.1, 0.15) is 12.1 Å². The quantitative estimate of drug-likeness (QED) is 0.485. The van der Waals surface area contributed by atoms with E-state index in [1.165, 1.54) is 31.7 Å². The van der Waals surface area contributed by atoms with Crippen molar-refractivity contribution in [3.8, 4) is 11.9 Å². The van der Waals surface area contributed by atoms with Crippen LogP contribution in [0.2, 0.25) is 0 Å². The number of pyridine rings is 1. The van der Waals surface area contributed by atoms with Crippen molar-refractivity contribution in [2.45, 2.75) is 70.8 Å². The molecule has 6 rings (SSSR count). The van der Waals surface area contributed by atoms with E-state index in [1.54, 1.807) is 5.01 Å². The summed E-state index contributed by atoms with van der Waals surface area (Å²) in [5.41, 5.74) is 2.54. The van der Waals surface area contributed by atoms with Crippen molar-refractivity contribution in [3.63, 3.8) is 0 Å². The molecule has 0 N–H and O–H groups in total. The van der Waals surface area contributed by atoms with Crippen LogP contribution in [0.5, 0.6) is 5.88 Å². The minimum Gasteiger partial charge on any atom is -0.477 e. The lowest BCUT2D eigenvalue weighted by Gasteiger charge is -2.70. The molecule has 0 radical (unpaired) electrons. The predicted octanol–water partition coefficient (Wildman–Crippen LogP) is 4.51. The Morgan fingerprint density at radius 1 is 1.12 bits per heavy atom. The molecule has 1 aliphatic heterocycles. The van der Waals surface area contributed by atoms with Gasteiger partial charge in [-0.1, -0.05) is 25.3 Å². The number of amides is 1. The molecular weight excluding hydrogens is 428 g/mol. The largest absolute Gasteiger partial charge is 0.477 e. The third kappa shape index (κ3) is 4.27. The summed E-state index contributed by atoms with van der Waals surface area (Å²) in [7, 11) is 0. The number of hydrazone groups is 1. The van der Waals surface area contributed by atoms with E-state index >= 15 is 0 Å². The van der Waals surface area contributed by atoms with E-state index in [9.17, 15) is 4.79 Å². The summed E-state index contributed by atoms with van der Waals surface area (Å²) in [6, 6.07) is 5.95. The van der Waals surface area contributed by atoms with Gasteiger partial charge in [0.05, 0.1) is 30.1 Å². The first-order chi connectivity index (χ1) is 16.5. The summed E-state index contributed by atoms with van der Waals surface area (Å²) in [6.45, 7) is 2.63. The highest BCUT2D eigenvalue weighted by atomic mass is 16.5. The monoisotopic (exact) mass is 458 g/mol. The molecular formula is C26H30N6O2. The minimum absolute atomic E-state index is 0.0597. The molecule has 0 aromatic carbocycles. The van der Waals surface area contributed by atoms with Gasteiger partial charge in [0, 0.05) is 18.8 Å². The number of aryl methyl sites for hydroxylation is 1. The first-order valence-corrected chi connectivity index (χ1v) is 12.2. The Morgan fingerprint density at radius 3 is 2.65 bits per heavy atom. The van der Waals surface area contributed by atoms with Crippen LogP contribution in [-0.4, -0.2) is 38.7 Å². The van der Waals surface area contributed by atoms with Crippen molar-refractivity contribution < 1.29 is 9.53 Å². The molecule has 3 saturated carbocycles. The second-order valence-electron chi connectivity index (χ2n) is 10.1. The number of hydrogen-bond acceptors (Lipinski definition) is 7. The number of rotatable bonds is 10. The average molecular weight is 459 g/mol. The summed E-state index contributed by atoms with van der Waals surface area (Å²) in [6.07, 6.45) is 16.1. The topological polar surface area (TPSA) is 104 Å². The number of unbranched alkanes of at least 4 members (excludes halogenated alkanes) is 3. The second kappa shape index (κ2) is 9.13. The molecule has 176 valence electrons. The molecule has 1 unspecified atom stereocenters. The molecule has 1 amide bonds. The lowest BCUT2D eigenvalue weighted by atomic mass is 9.33. The number of carbonyl (C=O) groups is 1. The molecule has 4 aliphatic rings. The van der Waals surface area contributed by atoms with Crippen LogP contribution in [0.1, 0.15) is 80.8 Å². The van der Waals surface area contributed by atoms with Gasteiger partial charge in [-0.2, -0.15) is 10.4 Å². The van der Waals surface area contributed by atoms with Crippen LogP contribution in [-0.2, 0) is 4.79 Å². The zero-order valence-electron chi connectivity index (χ0n) is 19.6. The maximum atomic E-state index is 13.3. The van der Waals surface area contributed by atoms with E-state index in [2.05, 4.69) is 20.1 Å². The molecule has 2 aromatic rings. The third-order valence-corrected chi connectivity index (χ3v) is 7.50. The van der Waals surface area contributed by atoms with Crippen molar-refractivity contribution >= 4 is 12.1 Å². The van der Waals surface area contributed by atoms with E-state index in [0.717, 1.165) is 49.8 Å². The smallest absolute Gasteiger partial charge is 0.249 e. The lowest BCUT2D eigenvalue weighted by molar-refractivity contribution is -0.220. The van der Waals surface area contributed by atoms with Crippen LogP contribution in [0.3, 0.4) is 0 Å². The predicted molar refractivity (Wildman–Crippen MR) is 126 cm³/mol. The van der Waals surface area contributed by atoms with Crippen LogP contribution >= 0.6 is 0 Å². The standard InChI is InChI=1S/C26H30N6O2/c1-19-6-7-21(29-13-19)22-8-10-31-32(22)24(33)26-16-25(17-26,18-26)9-4-2-3-5-11-34-23-15-28-20(12-27)14-30-23/h6-7,10,13-15,22H,2-5,8-9,11,16-18H2,1H3. The highest BCUT2D eigenvalue weighted by Gasteiger charge is 2.71. The summed E-state index contributed by atoms with van der Waals surface area (Å²) in [5, 5.41) is 14.9. The zero-order valence-corrected chi connectivity index (χ0v) is 19.6. The Hall–Kier alpha value is -3.34. The van der Waals surface area contributed by atoms with Crippen LogP contribution in [0.4, 0.5) is 0 Å². The molecule has 34 heavy (non-hydrogen) atoms. The average Bonchev–Trinajstić information content (AvgIpc) is 3.29. The minimum atomic E-state index is -0.180. The van der Waals surface area contributed by atoms with Gasteiger partial charge in [-0.05, 0) is 56.1 Å². The van der Waals surface area contributed by atoms with E-state index in [0.29, 0.717) is 23.6 Å². The Kier molecular flexibility index (Phi) is 6.03. The Morgan fingerprint density at radius 2 is 1.94 bits per heavy atom. The van der Waals surface area contributed by atoms with Gasteiger partial charge >= 0.3 is 0 Å². The summed E-state index contributed by atoms with van der Waals surface area (Å²) >= 11 is 0. The van der Waals surface area contributed by atoms with Crippen LogP contribution in [0, 0.1) is 29.1 Å². The number of ether oxygens (including phenoxy) is 1. The van der Waals surface area contributed by atoms with Gasteiger partial charge in [-0.15, -0.1) is 0 Å². The molecule has 8 nitrogen and oxygen atoms in total. The highest BCUT2D eigenvalue weighted by Crippen LogP contribution is 2.76. The van der Waals surface area contributed by atoms with Crippen LogP contribution in [0.15, 0.2) is 35.8 Å². The number of carbonyl (C=O) groups excluding carboxylic acids is 1. The van der Waals surface area contributed by atoms with E-state index in [1.807, 2.05) is 37.5 Å². The molecule has 0 spiro atoms. The van der Waals surface area contributed by atoms with Gasteiger partial charge in [0.25, 0.3) is 0 Å². The zero-order chi connectivity index (χ0) is 23.6. The summed E-state index contributed by atoms with van der Waals surface area (Å²) in [5.74, 6) is 0.657. The van der Waals surface area contributed by atoms with Crippen LogP contribution in [0.25, 0.3) is 0 Å². The van der Waals surface area contributed by atoms with E-state index in [4.69, 9.17) is 10.00 Å². The fraction of sp³-hybridized carbons (Fsp3) is 0.538. The molecule has 0 saturated heterocycles. The van der Waals surface area contributed by atoms with Crippen molar-refractivity contribution in [1.29, 1.82) is 5.26 Å². The van der Waals surface area contributed by atoms with Crippen molar-refractivity contribution in [2.75, 3.05) is 6.61 Å². The van der Waals surface area contributed by atoms with Crippen molar-refractivity contribution in [2.24, 2.45) is 15.9 Å². The molecule has 2 bridgehead atoms. The lowest BCUT2D eigenvalue weighted by Crippen LogP contribution is -2.67. The van der Waals surface area contributed by atoms with Gasteiger partial charge in [0.15, 0.2) is 5.69 Å². The van der Waals surface area contributed by atoms with E-state index in [-0.39, 0.29) is 17.4 Å². The second-order valence-corrected chi connectivity index (χ2v) is 10.1. The molecule has 3 heterocycles. The number of nitrogens with zero attached hydrogens (tertiary/aromatic N) is 6. The van der Waals surface area contributed by atoms with Gasteiger partial charge in [0.2, 0.25) is 11.8 Å². The molecule has 2 aromatic heterocycles. The van der Waals surface area contributed by atoms with Crippen molar-refractivity contribution in [3.05, 3.63) is 47.7 Å². The number of nitriles is 1. The van der Waals surface area contributed by atoms with Crippen LogP contribution < -0.4 is 4.74 Å². The Labute approximate surface area is 200 Å². The Balaban J connectivity index is 1.000. The van der Waals surface area contributed by atoms with Gasteiger partial charge < -0.3 is 4.74 Å². The van der Waals surface area contributed by atoms with Gasteiger partial charge in [-0.3, -0.25) is 9.78 Å². The molecule has 1 atom stereocenters. The maximum Gasteiger partial charge on any atom is 0.249 e. The Bertz CT molecular complexity index is 1090. The normalized spacial score (nSPS) is 26.5. The van der Waals surface area contributed by atoms with E-state index < -0.39 is 0 Å².